The molecular formula is C13H14N2O2S. The molecule has 4 nitrogen and oxygen atoms in total. The minimum absolute atomic E-state index is 0.0471. The number of hydrogen-bond acceptors (Lipinski definition) is 4. The van der Waals surface area contributed by atoms with Crippen LogP contribution >= 0.6 is 11.3 Å². The molecule has 1 heterocycles. The van der Waals surface area contributed by atoms with Gasteiger partial charge in [0.2, 0.25) is 0 Å². The molecule has 3 N–H and O–H groups in total. The topological polar surface area (TPSA) is 76.2 Å². The van der Waals surface area contributed by atoms with Gasteiger partial charge in [0.05, 0.1) is 18.2 Å². The van der Waals surface area contributed by atoms with Crippen LogP contribution in [0.5, 0.6) is 0 Å². The van der Waals surface area contributed by atoms with Gasteiger partial charge in [0.25, 0.3) is 0 Å². The number of carboxylic acids is 1. The molecule has 0 aliphatic rings. The van der Waals surface area contributed by atoms with E-state index in [1.54, 1.807) is 5.38 Å². The molecule has 1 aromatic heterocycles. The molecule has 5 heteroatoms. The molecule has 2 rings (SSSR count). The highest BCUT2D eigenvalue weighted by Gasteiger charge is 2.13. The number of carbonyl (C=O) groups is 1. The van der Waals surface area contributed by atoms with Gasteiger partial charge in [0.1, 0.15) is 5.01 Å². The lowest BCUT2D eigenvalue weighted by Gasteiger charge is -2.08. The highest BCUT2D eigenvalue weighted by Crippen LogP contribution is 2.20. The maximum Gasteiger partial charge on any atom is 0.309 e. The summed E-state index contributed by atoms with van der Waals surface area (Å²) in [5.41, 5.74) is 7.80. The zero-order chi connectivity index (χ0) is 13.0. The third kappa shape index (κ3) is 3.38. The maximum absolute atomic E-state index is 10.6. The standard InChI is InChI=1S/C13H14N2O2S/c14-11(6-9-4-2-1-3-5-9)13-15-10(8-18-13)7-12(16)17/h1-5,8,11H,6-7,14H2,(H,16,17). The minimum atomic E-state index is -0.872. The predicted octanol–water partition coefficient (Wildman–Crippen LogP) is 2.01. The van der Waals surface area contributed by atoms with E-state index in [4.69, 9.17) is 10.8 Å². The molecule has 0 bridgehead atoms. The predicted molar refractivity (Wildman–Crippen MR) is 70.5 cm³/mol. The first kappa shape index (κ1) is 12.7. The van der Waals surface area contributed by atoms with Crippen molar-refractivity contribution < 1.29 is 9.90 Å². The summed E-state index contributed by atoms with van der Waals surface area (Å²) in [6, 6.07) is 9.76. The number of rotatable bonds is 5. The Kier molecular flexibility index (Phi) is 4.07. The normalized spacial score (nSPS) is 12.3. The van der Waals surface area contributed by atoms with Crippen molar-refractivity contribution in [3.63, 3.8) is 0 Å². The van der Waals surface area contributed by atoms with Gasteiger partial charge in [-0.15, -0.1) is 11.3 Å². The summed E-state index contributed by atoms with van der Waals surface area (Å²) in [4.78, 5) is 14.8. The van der Waals surface area contributed by atoms with Gasteiger partial charge in [-0.05, 0) is 12.0 Å². The third-order valence-electron chi connectivity index (χ3n) is 2.52. The van der Waals surface area contributed by atoms with Crippen LogP contribution < -0.4 is 5.73 Å². The van der Waals surface area contributed by atoms with E-state index in [1.165, 1.54) is 11.3 Å². The van der Waals surface area contributed by atoms with E-state index in [-0.39, 0.29) is 12.5 Å². The zero-order valence-corrected chi connectivity index (χ0v) is 10.6. The molecule has 0 amide bonds. The fourth-order valence-electron chi connectivity index (χ4n) is 1.68. The molecule has 1 aromatic carbocycles. The Balaban J connectivity index is 2.03. The first-order chi connectivity index (χ1) is 8.65. The molecule has 1 atom stereocenters. The van der Waals surface area contributed by atoms with Crippen LogP contribution in [0.2, 0.25) is 0 Å². The van der Waals surface area contributed by atoms with Crippen LogP contribution in [-0.4, -0.2) is 16.1 Å². The molecule has 0 aliphatic carbocycles. The van der Waals surface area contributed by atoms with Crippen molar-refractivity contribution in [2.75, 3.05) is 0 Å². The van der Waals surface area contributed by atoms with E-state index in [1.807, 2.05) is 30.3 Å². The lowest BCUT2D eigenvalue weighted by atomic mass is 10.1. The van der Waals surface area contributed by atoms with Crippen molar-refractivity contribution in [3.05, 3.63) is 52.0 Å². The monoisotopic (exact) mass is 262 g/mol. The van der Waals surface area contributed by atoms with Crippen LogP contribution in [0, 0.1) is 0 Å². The molecule has 0 fully saturated rings. The fourth-order valence-corrected chi connectivity index (χ4v) is 2.51. The van der Waals surface area contributed by atoms with Crippen molar-refractivity contribution in [1.82, 2.24) is 4.98 Å². The molecule has 0 saturated heterocycles. The van der Waals surface area contributed by atoms with Gasteiger partial charge >= 0.3 is 5.97 Å². The lowest BCUT2D eigenvalue weighted by Crippen LogP contribution is -2.13. The highest BCUT2D eigenvalue weighted by atomic mass is 32.1. The van der Waals surface area contributed by atoms with Gasteiger partial charge in [0.15, 0.2) is 0 Å². The zero-order valence-electron chi connectivity index (χ0n) is 9.74. The summed E-state index contributed by atoms with van der Waals surface area (Å²) in [5, 5.41) is 11.2. The molecule has 1 unspecified atom stereocenters. The van der Waals surface area contributed by atoms with E-state index in [0.29, 0.717) is 12.1 Å². The number of hydrogen-bond donors (Lipinski definition) is 2. The first-order valence-corrected chi connectivity index (χ1v) is 6.48. The Morgan fingerprint density at radius 2 is 2.11 bits per heavy atom. The molecule has 0 spiro atoms. The quantitative estimate of drug-likeness (QED) is 0.864. The van der Waals surface area contributed by atoms with Crippen molar-refractivity contribution in [2.45, 2.75) is 18.9 Å². The molecule has 2 aromatic rings. The van der Waals surface area contributed by atoms with E-state index < -0.39 is 5.97 Å². The number of nitrogens with zero attached hydrogens (tertiary/aromatic N) is 1. The van der Waals surface area contributed by atoms with Crippen LogP contribution in [0.25, 0.3) is 0 Å². The van der Waals surface area contributed by atoms with Gasteiger partial charge in [0, 0.05) is 5.38 Å². The summed E-state index contributed by atoms with van der Waals surface area (Å²) in [6.45, 7) is 0. The number of benzene rings is 1. The van der Waals surface area contributed by atoms with Crippen LogP contribution in [0.1, 0.15) is 22.3 Å². The summed E-state index contributed by atoms with van der Waals surface area (Å²) in [7, 11) is 0. The van der Waals surface area contributed by atoms with Crippen molar-refractivity contribution in [1.29, 1.82) is 0 Å². The summed E-state index contributed by atoms with van der Waals surface area (Å²) in [5.74, 6) is -0.872. The Labute approximate surface area is 109 Å². The molecule has 94 valence electrons. The van der Waals surface area contributed by atoms with E-state index >= 15 is 0 Å². The van der Waals surface area contributed by atoms with Crippen LogP contribution in [0.4, 0.5) is 0 Å². The fraction of sp³-hybridized carbons (Fsp3) is 0.231. The van der Waals surface area contributed by atoms with Gasteiger partial charge < -0.3 is 10.8 Å². The van der Waals surface area contributed by atoms with Crippen molar-refractivity contribution >= 4 is 17.3 Å². The molecule has 0 saturated carbocycles. The van der Waals surface area contributed by atoms with Gasteiger partial charge in [-0.1, -0.05) is 30.3 Å². The number of nitrogens with two attached hydrogens (primary N) is 1. The molecular weight excluding hydrogens is 248 g/mol. The molecule has 0 aliphatic heterocycles. The van der Waals surface area contributed by atoms with Crippen molar-refractivity contribution in [3.8, 4) is 0 Å². The van der Waals surface area contributed by atoms with Crippen LogP contribution in [-0.2, 0) is 17.6 Å². The second-order valence-corrected chi connectivity index (χ2v) is 4.93. The Hall–Kier alpha value is -1.72. The van der Waals surface area contributed by atoms with Crippen LogP contribution in [0.3, 0.4) is 0 Å². The lowest BCUT2D eigenvalue weighted by molar-refractivity contribution is -0.136. The minimum Gasteiger partial charge on any atom is -0.481 e. The molecule has 18 heavy (non-hydrogen) atoms. The smallest absolute Gasteiger partial charge is 0.309 e. The van der Waals surface area contributed by atoms with Gasteiger partial charge in [-0.3, -0.25) is 4.79 Å². The average Bonchev–Trinajstić information content (AvgIpc) is 2.78. The maximum atomic E-state index is 10.6. The third-order valence-corrected chi connectivity index (χ3v) is 3.54. The number of thiazole rings is 1. The number of aliphatic carboxylic acids is 1. The van der Waals surface area contributed by atoms with Gasteiger partial charge in [-0.2, -0.15) is 0 Å². The van der Waals surface area contributed by atoms with E-state index in [0.717, 1.165) is 10.6 Å². The Bertz CT molecular complexity index is 525. The number of aromatic nitrogens is 1. The summed E-state index contributed by atoms with van der Waals surface area (Å²) < 4.78 is 0. The summed E-state index contributed by atoms with van der Waals surface area (Å²) >= 11 is 1.42. The second-order valence-electron chi connectivity index (χ2n) is 4.04. The largest absolute Gasteiger partial charge is 0.481 e. The molecule has 0 radical (unpaired) electrons. The second kappa shape index (κ2) is 5.75. The van der Waals surface area contributed by atoms with E-state index in [2.05, 4.69) is 4.98 Å². The average molecular weight is 262 g/mol. The first-order valence-electron chi connectivity index (χ1n) is 5.61. The van der Waals surface area contributed by atoms with E-state index in [9.17, 15) is 4.79 Å². The number of carboxylic acid groups (broad SMARTS) is 1. The SMILES string of the molecule is NC(Cc1ccccc1)c1nc(CC(=O)O)cs1. The Morgan fingerprint density at radius 1 is 1.39 bits per heavy atom. The van der Waals surface area contributed by atoms with Crippen molar-refractivity contribution in [2.24, 2.45) is 5.73 Å². The summed E-state index contributed by atoms with van der Waals surface area (Å²) in [6.07, 6.45) is 0.662. The highest BCUT2D eigenvalue weighted by molar-refractivity contribution is 7.09. The van der Waals surface area contributed by atoms with Gasteiger partial charge in [-0.25, -0.2) is 4.98 Å². The Morgan fingerprint density at radius 3 is 2.78 bits per heavy atom. The van der Waals surface area contributed by atoms with Crippen LogP contribution in [0.15, 0.2) is 35.7 Å².